The zero-order valence-corrected chi connectivity index (χ0v) is 15.6. The molecule has 3 atom stereocenters. The van der Waals surface area contributed by atoms with E-state index < -0.39 is 0 Å². The lowest BCUT2D eigenvalue weighted by atomic mass is 9.75. The highest BCUT2D eigenvalue weighted by atomic mass is 32.1. The Balaban J connectivity index is 1.52. The van der Waals surface area contributed by atoms with Crippen LogP contribution in [0.1, 0.15) is 39.8 Å². The van der Waals surface area contributed by atoms with Crippen molar-refractivity contribution in [3.05, 3.63) is 51.7 Å². The standard InChI is InChI=1S/C20H22FN3OS/c1-12-22-17(11-26-12)20(25)24-10-16(13-2-4-15(21)5-3-13)19-18(24)14-6-8-23(19)9-7-14/h2-5,11,14,16,18-19H,6-10H2,1H3/t16-,18+,19+/m0/s1. The van der Waals surface area contributed by atoms with E-state index >= 15 is 0 Å². The van der Waals surface area contributed by atoms with Gasteiger partial charge in [0.15, 0.2) is 0 Å². The lowest BCUT2D eigenvalue weighted by molar-refractivity contribution is -0.00356. The second kappa shape index (κ2) is 6.13. The van der Waals surface area contributed by atoms with Crippen LogP contribution < -0.4 is 0 Å². The topological polar surface area (TPSA) is 36.4 Å². The fraction of sp³-hybridized carbons (Fsp3) is 0.500. The van der Waals surface area contributed by atoms with Crippen LogP contribution in [-0.4, -0.2) is 52.4 Å². The average molecular weight is 371 g/mol. The van der Waals surface area contributed by atoms with Gasteiger partial charge >= 0.3 is 0 Å². The maximum Gasteiger partial charge on any atom is 0.273 e. The SMILES string of the molecule is Cc1nc(C(=O)N2C[C@@H](c3ccc(F)cc3)[C@@H]3[C@H]2C2CCN3CC2)cs1. The number of hydrogen-bond acceptors (Lipinski definition) is 4. The van der Waals surface area contributed by atoms with E-state index in [0.717, 1.165) is 36.5 Å². The maximum atomic E-state index is 13.4. The Morgan fingerprint density at radius 3 is 2.58 bits per heavy atom. The summed E-state index contributed by atoms with van der Waals surface area (Å²) in [5.41, 5.74) is 1.71. The van der Waals surface area contributed by atoms with Gasteiger partial charge in [0.2, 0.25) is 0 Å². The molecule has 26 heavy (non-hydrogen) atoms. The van der Waals surface area contributed by atoms with Gasteiger partial charge < -0.3 is 4.90 Å². The van der Waals surface area contributed by atoms with Crippen LogP contribution in [0, 0.1) is 18.7 Å². The first-order valence-corrected chi connectivity index (χ1v) is 10.2. The second-order valence-corrected chi connectivity index (χ2v) is 8.78. The zero-order valence-electron chi connectivity index (χ0n) is 14.8. The molecule has 136 valence electrons. The molecular weight excluding hydrogens is 349 g/mol. The first-order chi connectivity index (χ1) is 12.6. The normalized spacial score (nSPS) is 32.7. The Bertz CT molecular complexity index is 828. The summed E-state index contributed by atoms with van der Waals surface area (Å²) in [7, 11) is 0. The number of likely N-dealkylation sites (tertiary alicyclic amines) is 1. The summed E-state index contributed by atoms with van der Waals surface area (Å²) in [4.78, 5) is 22.3. The summed E-state index contributed by atoms with van der Waals surface area (Å²) in [5.74, 6) is 0.661. The van der Waals surface area contributed by atoms with Crippen molar-refractivity contribution in [2.24, 2.45) is 5.92 Å². The van der Waals surface area contributed by atoms with Crippen LogP contribution in [0.4, 0.5) is 4.39 Å². The number of piperidine rings is 3. The molecule has 4 fully saturated rings. The highest BCUT2D eigenvalue weighted by Gasteiger charge is 2.54. The molecule has 1 aromatic carbocycles. The van der Waals surface area contributed by atoms with E-state index in [-0.39, 0.29) is 23.7 Å². The number of aromatic nitrogens is 1. The molecule has 0 aliphatic carbocycles. The number of carbonyl (C=O) groups excluding carboxylic acids is 1. The number of amides is 1. The molecule has 6 rings (SSSR count). The van der Waals surface area contributed by atoms with Gasteiger partial charge in [0, 0.05) is 23.9 Å². The fourth-order valence-electron chi connectivity index (χ4n) is 5.27. The van der Waals surface area contributed by atoms with Crippen molar-refractivity contribution in [2.45, 2.75) is 37.8 Å². The van der Waals surface area contributed by atoms with Gasteiger partial charge in [-0.25, -0.2) is 9.37 Å². The maximum absolute atomic E-state index is 13.4. The van der Waals surface area contributed by atoms with Gasteiger partial charge in [-0.1, -0.05) is 12.1 Å². The van der Waals surface area contributed by atoms with Crippen molar-refractivity contribution < 1.29 is 9.18 Å². The van der Waals surface area contributed by atoms with Gasteiger partial charge in [-0.15, -0.1) is 11.3 Å². The minimum atomic E-state index is -0.209. The molecule has 0 unspecified atom stereocenters. The largest absolute Gasteiger partial charge is 0.332 e. The molecule has 0 spiro atoms. The third kappa shape index (κ3) is 2.50. The van der Waals surface area contributed by atoms with E-state index in [4.69, 9.17) is 0 Å². The van der Waals surface area contributed by atoms with Crippen LogP contribution >= 0.6 is 11.3 Å². The monoisotopic (exact) mass is 371 g/mol. The minimum absolute atomic E-state index is 0.0581. The molecule has 4 nitrogen and oxygen atoms in total. The Labute approximate surface area is 156 Å². The quantitative estimate of drug-likeness (QED) is 0.813. The van der Waals surface area contributed by atoms with Gasteiger partial charge in [-0.05, 0) is 56.5 Å². The van der Waals surface area contributed by atoms with Crippen LogP contribution in [-0.2, 0) is 0 Å². The molecule has 0 radical (unpaired) electrons. The predicted molar refractivity (Wildman–Crippen MR) is 98.9 cm³/mol. The number of thiazole rings is 1. The van der Waals surface area contributed by atoms with Crippen LogP contribution in [0.5, 0.6) is 0 Å². The van der Waals surface area contributed by atoms with Crippen molar-refractivity contribution in [2.75, 3.05) is 19.6 Å². The predicted octanol–water partition coefficient (Wildman–Crippen LogP) is 3.29. The average Bonchev–Trinajstić information content (AvgIpc) is 3.28. The number of carbonyl (C=O) groups is 1. The Morgan fingerprint density at radius 2 is 1.92 bits per heavy atom. The number of benzene rings is 1. The summed E-state index contributed by atoms with van der Waals surface area (Å²) < 4.78 is 13.4. The summed E-state index contributed by atoms with van der Waals surface area (Å²) in [5, 5.41) is 2.80. The number of aryl methyl sites for hydroxylation is 1. The Hall–Kier alpha value is -1.79. The molecule has 1 aromatic heterocycles. The molecule has 5 heterocycles. The lowest BCUT2D eigenvalue weighted by Gasteiger charge is -2.51. The second-order valence-electron chi connectivity index (χ2n) is 7.72. The minimum Gasteiger partial charge on any atom is -0.332 e. The van der Waals surface area contributed by atoms with Crippen molar-refractivity contribution >= 4 is 17.2 Å². The molecule has 1 amide bonds. The number of fused-ring (bicyclic) bond motifs is 2. The molecule has 2 aromatic rings. The van der Waals surface area contributed by atoms with Crippen LogP contribution in [0.2, 0.25) is 0 Å². The highest BCUT2D eigenvalue weighted by molar-refractivity contribution is 7.09. The van der Waals surface area contributed by atoms with Crippen LogP contribution in [0.3, 0.4) is 0 Å². The molecule has 0 saturated carbocycles. The fourth-order valence-corrected chi connectivity index (χ4v) is 5.85. The van der Waals surface area contributed by atoms with Crippen molar-refractivity contribution in [3.8, 4) is 0 Å². The van der Waals surface area contributed by atoms with E-state index in [1.807, 2.05) is 24.4 Å². The smallest absolute Gasteiger partial charge is 0.273 e. The summed E-state index contributed by atoms with van der Waals surface area (Å²) in [6.45, 7) is 4.86. The van der Waals surface area contributed by atoms with E-state index in [1.54, 1.807) is 0 Å². The third-order valence-corrected chi connectivity index (χ3v) is 7.16. The van der Waals surface area contributed by atoms with Gasteiger partial charge in [-0.3, -0.25) is 9.69 Å². The third-order valence-electron chi connectivity index (χ3n) is 6.39. The zero-order chi connectivity index (χ0) is 17.8. The summed E-state index contributed by atoms with van der Waals surface area (Å²) in [6, 6.07) is 7.45. The lowest BCUT2D eigenvalue weighted by Crippen LogP contribution is -2.60. The first kappa shape index (κ1) is 16.4. The van der Waals surface area contributed by atoms with Crippen LogP contribution in [0.15, 0.2) is 29.6 Å². The van der Waals surface area contributed by atoms with Gasteiger partial charge in [-0.2, -0.15) is 0 Å². The molecule has 2 bridgehead atoms. The van der Waals surface area contributed by atoms with Crippen molar-refractivity contribution in [1.29, 1.82) is 0 Å². The van der Waals surface area contributed by atoms with E-state index in [9.17, 15) is 9.18 Å². The molecule has 0 N–H and O–H groups in total. The number of halogens is 1. The van der Waals surface area contributed by atoms with Crippen molar-refractivity contribution in [3.63, 3.8) is 0 Å². The van der Waals surface area contributed by atoms with Crippen molar-refractivity contribution in [1.82, 2.24) is 14.8 Å². The molecular formula is C20H22FN3OS. The molecule has 4 aliphatic heterocycles. The van der Waals surface area contributed by atoms with E-state index in [0.29, 0.717) is 24.2 Å². The van der Waals surface area contributed by atoms with Gasteiger partial charge in [0.1, 0.15) is 11.5 Å². The molecule has 6 heteroatoms. The van der Waals surface area contributed by atoms with Gasteiger partial charge in [0.25, 0.3) is 5.91 Å². The molecule has 4 aliphatic rings. The number of hydrogen-bond donors (Lipinski definition) is 0. The summed E-state index contributed by atoms with van der Waals surface area (Å²) in [6.07, 6.45) is 2.33. The number of nitrogens with zero attached hydrogens (tertiary/aromatic N) is 3. The number of rotatable bonds is 2. The first-order valence-electron chi connectivity index (χ1n) is 9.34. The van der Waals surface area contributed by atoms with E-state index in [1.165, 1.54) is 23.5 Å². The Morgan fingerprint density at radius 1 is 1.19 bits per heavy atom. The van der Waals surface area contributed by atoms with E-state index in [2.05, 4.69) is 14.8 Å². The highest BCUT2D eigenvalue weighted by Crippen LogP contribution is 2.46. The van der Waals surface area contributed by atoms with Crippen LogP contribution in [0.25, 0.3) is 0 Å². The Kier molecular flexibility index (Phi) is 3.87. The van der Waals surface area contributed by atoms with Gasteiger partial charge in [0.05, 0.1) is 11.0 Å². The summed E-state index contributed by atoms with van der Waals surface area (Å²) >= 11 is 1.52. The molecule has 4 saturated heterocycles.